The van der Waals surface area contributed by atoms with Crippen LogP contribution in [0.25, 0.3) is 0 Å². The fourth-order valence-corrected chi connectivity index (χ4v) is 1.67. The van der Waals surface area contributed by atoms with E-state index in [1.165, 1.54) is 0 Å². The number of aliphatic hydroxyl groups excluding tert-OH is 1. The molecule has 1 saturated heterocycles. The van der Waals surface area contributed by atoms with Crippen LogP contribution in [0, 0.1) is 0 Å². The van der Waals surface area contributed by atoms with Crippen LogP contribution in [0.5, 0.6) is 0 Å². The fourth-order valence-electron chi connectivity index (χ4n) is 1.67. The molecule has 0 spiro atoms. The third kappa shape index (κ3) is 0.975. The molecule has 0 saturated carbocycles. The molecule has 2 aliphatic rings. The van der Waals surface area contributed by atoms with E-state index < -0.39 is 6.10 Å². The second-order valence-corrected chi connectivity index (χ2v) is 3.28. The normalized spacial score (nSPS) is 28.9. The Kier molecular flexibility index (Phi) is 1.54. The van der Waals surface area contributed by atoms with Gasteiger partial charge in [-0.3, -0.25) is 4.79 Å². The lowest BCUT2D eigenvalue weighted by molar-refractivity contribution is -0.126. The molecule has 2 heterocycles. The van der Waals surface area contributed by atoms with E-state index in [4.69, 9.17) is 0 Å². The van der Waals surface area contributed by atoms with Crippen molar-refractivity contribution in [3.63, 3.8) is 0 Å². The van der Waals surface area contributed by atoms with Gasteiger partial charge in [-0.15, -0.1) is 0 Å². The van der Waals surface area contributed by atoms with Crippen LogP contribution < -0.4 is 0 Å². The van der Waals surface area contributed by atoms with Gasteiger partial charge in [0.25, 0.3) is 0 Å². The number of hydrogen-bond donors (Lipinski definition) is 1. The molecule has 1 fully saturated rings. The second kappa shape index (κ2) is 2.45. The van der Waals surface area contributed by atoms with Gasteiger partial charge in [0.15, 0.2) is 0 Å². The van der Waals surface area contributed by atoms with Gasteiger partial charge in [0, 0.05) is 12.2 Å². The molecule has 0 aromatic rings. The first-order valence-corrected chi connectivity index (χ1v) is 4.03. The molecule has 1 N–H and O–H groups in total. The third-order valence-corrected chi connectivity index (χ3v) is 2.30. The quantitative estimate of drug-likeness (QED) is 0.528. The first-order valence-electron chi connectivity index (χ1n) is 4.03. The smallest absolute Gasteiger partial charge is 0.230 e. The molecule has 2 rings (SSSR count). The molecule has 0 aromatic heterocycles. The summed E-state index contributed by atoms with van der Waals surface area (Å²) in [6.07, 6.45) is 2.34. The maximum atomic E-state index is 11.2. The monoisotopic (exact) mass is 165 g/mol. The number of nitrogens with zero attached hydrogens (tertiary/aromatic N) is 1. The van der Waals surface area contributed by atoms with E-state index in [1.807, 2.05) is 6.08 Å². The zero-order valence-corrected chi connectivity index (χ0v) is 6.79. The van der Waals surface area contributed by atoms with Gasteiger partial charge in [-0.25, -0.2) is 0 Å². The number of rotatable bonds is 0. The zero-order valence-electron chi connectivity index (χ0n) is 6.79. The molecule has 3 nitrogen and oxygen atoms in total. The molecule has 1 atom stereocenters. The van der Waals surface area contributed by atoms with E-state index in [9.17, 15) is 9.90 Å². The van der Waals surface area contributed by atoms with E-state index in [-0.39, 0.29) is 12.3 Å². The van der Waals surface area contributed by atoms with Crippen LogP contribution in [0.1, 0.15) is 12.8 Å². The summed E-state index contributed by atoms with van der Waals surface area (Å²) in [5, 5.41) is 9.42. The van der Waals surface area contributed by atoms with Crippen molar-refractivity contribution in [2.24, 2.45) is 0 Å². The molecule has 64 valence electrons. The van der Waals surface area contributed by atoms with Crippen molar-refractivity contribution in [2.45, 2.75) is 18.9 Å². The van der Waals surface area contributed by atoms with E-state index in [2.05, 4.69) is 6.58 Å². The highest BCUT2D eigenvalue weighted by atomic mass is 16.3. The predicted molar refractivity (Wildman–Crippen MR) is 44.2 cm³/mol. The molecule has 0 aromatic carbocycles. The topological polar surface area (TPSA) is 40.5 Å². The number of allylic oxidation sites excluding steroid dienone is 1. The van der Waals surface area contributed by atoms with Crippen molar-refractivity contribution in [1.82, 2.24) is 4.90 Å². The number of fused-ring (bicyclic) bond motifs is 1. The van der Waals surface area contributed by atoms with Crippen molar-refractivity contribution < 1.29 is 9.90 Å². The summed E-state index contributed by atoms with van der Waals surface area (Å²) in [5.41, 5.74) is 1.80. The summed E-state index contributed by atoms with van der Waals surface area (Å²) in [4.78, 5) is 12.9. The first kappa shape index (κ1) is 7.55. The Morgan fingerprint density at radius 1 is 1.67 bits per heavy atom. The summed E-state index contributed by atoms with van der Waals surface area (Å²) >= 11 is 0. The zero-order chi connectivity index (χ0) is 8.72. The van der Waals surface area contributed by atoms with Crippen molar-refractivity contribution in [3.8, 4) is 0 Å². The minimum atomic E-state index is -0.578. The molecular weight excluding hydrogens is 154 g/mol. The molecule has 0 aliphatic carbocycles. The van der Waals surface area contributed by atoms with Gasteiger partial charge in [0.2, 0.25) is 5.91 Å². The number of hydrogen-bond acceptors (Lipinski definition) is 2. The summed E-state index contributed by atoms with van der Waals surface area (Å²) in [6.45, 7) is 4.40. The van der Waals surface area contributed by atoms with Gasteiger partial charge in [-0.05, 0) is 6.42 Å². The van der Waals surface area contributed by atoms with Crippen LogP contribution in [-0.4, -0.2) is 28.6 Å². The molecule has 2 aliphatic heterocycles. The highest BCUT2D eigenvalue weighted by Crippen LogP contribution is 2.28. The second-order valence-electron chi connectivity index (χ2n) is 3.28. The molecule has 12 heavy (non-hydrogen) atoms. The lowest BCUT2D eigenvalue weighted by Gasteiger charge is -2.24. The largest absolute Gasteiger partial charge is 0.386 e. The summed E-state index contributed by atoms with van der Waals surface area (Å²) in [5.74, 6) is 0.00889. The highest BCUT2D eigenvalue weighted by molar-refractivity contribution is 5.83. The number of carbonyl (C=O) groups is 1. The van der Waals surface area contributed by atoms with Gasteiger partial charge in [0.05, 0.1) is 6.42 Å². The minimum Gasteiger partial charge on any atom is -0.386 e. The maximum Gasteiger partial charge on any atom is 0.230 e. The Balaban J connectivity index is 2.32. The Bertz CT molecular complexity index is 280. The fraction of sp³-hybridized carbons (Fsp3) is 0.444. The SMILES string of the molecule is C=C1CC=C2[C@@H](O)CC(=O)N2C1. The first-order chi connectivity index (χ1) is 5.68. The Morgan fingerprint density at radius 2 is 2.42 bits per heavy atom. The molecule has 0 bridgehead atoms. The van der Waals surface area contributed by atoms with Gasteiger partial charge in [-0.2, -0.15) is 0 Å². The highest BCUT2D eigenvalue weighted by Gasteiger charge is 2.35. The van der Waals surface area contributed by atoms with Crippen LogP contribution in [0.15, 0.2) is 23.9 Å². The van der Waals surface area contributed by atoms with E-state index >= 15 is 0 Å². The number of amides is 1. The molecule has 0 radical (unpaired) electrons. The van der Waals surface area contributed by atoms with Crippen LogP contribution >= 0.6 is 0 Å². The van der Waals surface area contributed by atoms with Gasteiger partial charge in [0.1, 0.15) is 6.10 Å². The summed E-state index contributed by atoms with van der Waals surface area (Å²) in [6, 6.07) is 0. The van der Waals surface area contributed by atoms with Crippen LogP contribution in [0.3, 0.4) is 0 Å². The molecule has 3 heteroatoms. The molecule has 0 unspecified atom stereocenters. The summed E-state index contributed by atoms with van der Waals surface area (Å²) < 4.78 is 0. The van der Waals surface area contributed by atoms with Gasteiger partial charge < -0.3 is 10.0 Å². The van der Waals surface area contributed by atoms with Crippen LogP contribution in [0.4, 0.5) is 0 Å². The minimum absolute atomic E-state index is 0.00889. The van der Waals surface area contributed by atoms with E-state index in [0.29, 0.717) is 6.54 Å². The average molecular weight is 165 g/mol. The predicted octanol–water partition coefficient (Wildman–Crippen LogP) is 0.423. The lowest BCUT2D eigenvalue weighted by atomic mass is 10.1. The lowest BCUT2D eigenvalue weighted by Crippen LogP contribution is -2.28. The Hall–Kier alpha value is -1.09. The van der Waals surface area contributed by atoms with Crippen molar-refractivity contribution in [1.29, 1.82) is 0 Å². The van der Waals surface area contributed by atoms with Crippen LogP contribution in [0.2, 0.25) is 0 Å². The number of carbonyl (C=O) groups excluding carboxylic acids is 1. The standard InChI is InChI=1S/C9H11NO2/c1-6-2-3-7-8(11)4-9(12)10(7)5-6/h3,8,11H,1-2,4-5H2/t8-/m0/s1. The number of aliphatic hydroxyl groups is 1. The Labute approximate surface area is 71.0 Å². The van der Waals surface area contributed by atoms with Crippen molar-refractivity contribution in [3.05, 3.63) is 23.9 Å². The maximum absolute atomic E-state index is 11.2. The molecular formula is C9H11NO2. The summed E-state index contributed by atoms with van der Waals surface area (Å²) in [7, 11) is 0. The third-order valence-electron chi connectivity index (χ3n) is 2.30. The average Bonchev–Trinajstić information content (AvgIpc) is 2.28. The molecule has 1 amide bonds. The van der Waals surface area contributed by atoms with E-state index in [1.54, 1.807) is 4.90 Å². The van der Waals surface area contributed by atoms with Gasteiger partial charge in [-0.1, -0.05) is 18.2 Å². The van der Waals surface area contributed by atoms with Gasteiger partial charge >= 0.3 is 0 Å². The van der Waals surface area contributed by atoms with Crippen molar-refractivity contribution in [2.75, 3.05) is 6.54 Å². The van der Waals surface area contributed by atoms with E-state index in [0.717, 1.165) is 17.7 Å². The Morgan fingerprint density at radius 3 is 3.17 bits per heavy atom. The van der Waals surface area contributed by atoms with Crippen LogP contribution in [-0.2, 0) is 4.79 Å². The van der Waals surface area contributed by atoms with Crippen molar-refractivity contribution >= 4 is 5.91 Å².